The zero-order valence-electron chi connectivity index (χ0n) is 4.82. The molecule has 0 aromatic rings. The van der Waals surface area contributed by atoms with Crippen LogP contribution in [0.1, 0.15) is 6.92 Å². The number of aliphatic imine (C=N–C) groups is 1. The highest BCUT2D eigenvalue weighted by Crippen LogP contribution is 1.90. The van der Waals surface area contributed by atoms with Crippen molar-refractivity contribution in [2.75, 3.05) is 0 Å². The Kier molecular flexibility index (Phi) is 2.77. The molecule has 0 rings (SSSR count). The highest BCUT2D eigenvalue weighted by Gasteiger charge is 1.77. The third kappa shape index (κ3) is 5.08. The van der Waals surface area contributed by atoms with Gasteiger partial charge in [-0.1, -0.05) is 13.2 Å². The predicted molar refractivity (Wildman–Crippen MR) is 33.6 cm³/mol. The lowest BCUT2D eigenvalue weighted by Gasteiger charge is -1.81. The minimum Gasteiger partial charge on any atom is -0.259 e. The van der Waals surface area contributed by atoms with Gasteiger partial charge in [-0.15, -0.1) is 0 Å². The number of rotatable bonds is 2. The first-order valence-corrected chi connectivity index (χ1v) is 2.17. The molecule has 0 aliphatic rings. The van der Waals surface area contributed by atoms with Gasteiger partial charge in [-0.3, -0.25) is 4.99 Å². The molecule has 1 nitrogen and oxygen atoms in total. The fourth-order valence-electron chi connectivity index (χ4n) is 0.180. The van der Waals surface area contributed by atoms with E-state index in [1.54, 1.807) is 6.92 Å². The topological polar surface area (TPSA) is 12.4 Å². The van der Waals surface area contributed by atoms with Gasteiger partial charge >= 0.3 is 0 Å². The summed E-state index contributed by atoms with van der Waals surface area (Å²) in [5.74, 6) is -0.548. The van der Waals surface area contributed by atoms with Crippen LogP contribution in [0.25, 0.3) is 0 Å². The van der Waals surface area contributed by atoms with E-state index in [-0.39, 0.29) is 0 Å². The van der Waals surface area contributed by atoms with Gasteiger partial charge < -0.3 is 0 Å². The second-order valence-corrected chi connectivity index (χ2v) is 1.44. The van der Waals surface area contributed by atoms with Crippen LogP contribution in [0, 0.1) is 0 Å². The molecule has 0 aromatic heterocycles. The predicted octanol–water partition coefficient (Wildman–Crippen LogP) is 2.07. The van der Waals surface area contributed by atoms with Gasteiger partial charge in [0.25, 0.3) is 0 Å². The van der Waals surface area contributed by atoms with Crippen LogP contribution in [-0.4, -0.2) is 6.21 Å². The molecule has 0 bridgehead atoms. The summed E-state index contributed by atoms with van der Waals surface area (Å²) in [4.78, 5) is 3.53. The molecular formula is C6H8FN. The zero-order chi connectivity index (χ0) is 6.57. The number of hydrogen-bond acceptors (Lipinski definition) is 1. The SMILES string of the molecule is C=C(F)C=NC(=C)C. The van der Waals surface area contributed by atoms with Crippen molar-refractivity contribution in [3.8, 4) is 0 Å². The molecule has 0 saturated carbocycles. The fourth-order valence-corrected chi connectivity index (χ4v) is 0.180. The summed E-state index contributed by atoms with van der Waals surface area (Å²) in [7, 11) is 0. The molecule has 0 amide bonds. The zero-order valence-corrected chi connectivity index (χ0v) is 4.82. The average molecular weight is 113 g/mol. The molecule has 0 radical (unpaired) electrons. The van der Waals surface area contributed by atoms with Crippen LogP contribution in [0.15, 0.2) is 29.7 Å². The molecule has 0 unspecified atom stereocenters. The van der Waals surface area contributed by atoms with E-state index in [1.807, 2.05) is 0 Å². The van der Waals surface area contributed by atoms with Gasteiger partial charge in [0.1, 0.15) is 5.83 Å². The van der Waals surface area contributed by atoms with E-state index in [2.05, 4.69) is 18.2 Å². The van der Waals surface area contributed by atoms with Crippen LogP contribution in [0.4, 0.5) is 4.39 Å². The van der Waals surface area contributed by atoms with E-state index < -0.39 is 5.83 Å². The maximum absolute atomic E-state index is 11.7. The summed E-state index contributed by atoms with van der Waals surface area (Å²) in [5, 5.41) is 0. The largest absolute Gasteiger partial charge is 0.259 e. The Bertz CT molecular complexity index is 119. The van der Waals surface area contributed by atoms with Crippen molar-refractivity contribution < 1.29 is 4.39 Å². The Labute approximate surface area is 48.2 Å². The second-order valence-electron chi connectivity index (χ2n) is 1.44. The average Bonchev–Trinajstić information content (AvgIpc) is 1.61. The maximum atomic E-state index is 11.7. The van der Waals surface area contributed by atoms with Gasteiger partial charge in [-0.05, 0) is 6.92 Å². The van der Waals surface area contributed by atoms with Gasteiger partial charge in [0.2, 0.25) is 0 Å². The lowest BCUT2D eigenvalue weighted by atomic mass is 10.6. The standard InChI is InChI=1S/C6H8FN/c1-5(2)8-4-6(3)7/h4H,1,3H2,2H3. The van der Waals surface area contributed by atoms with Gasteiger partial charge in [0, 0.05) is 5.70 Å². The minimum atomic E-state index is -0.548. The molecule has 2 heteroatoms. The van der Waals surface area contributed by atoms with E-state index in [4.69, 9.17) is 0 Å². The molecule has 0 aliphatic carbocycles. The monoisotopic (exact) mass is 113 g/mol. The van der Waals surface area contributed by atoms with Crippen LogP contribution in [-0.2, 0) is 0 Å². The Balaban J connectivity index is 3.67. The van der Waals surface area contributed by atoms with Crippen LogP contribution in [0.2, 0.25) is 0 Å². The maximum Gasteiger partial charge on any atom is 0.134 e. The first kappa shape index (κ1) is 7.08. The van der Waals surface area contributed by atoms with Crippen molar-refractivity contribution in [1.82, 2.24) is 0 Å². The van der Waals surface area contributed by atoms with Crippen molar-refractivity contribution in [3.05, 3.63) is 24.7 Å². The molecule has 8 heavy (non-hydrogen) atoms. The van der Waals surface area contributed by atoms with Gasteiger partial charge in [-0.2, -0.15) is 0 Å². The molecule has 0 atom stereocenters. The first-order chi connectivity index (χ1) is 3.63. The quantitative estimate of drug-likeness (QED) is 0.486. The lowest BCUT2D eigenvalue weighted by Crippen LogP contribution is -1.70. The fraction of sp³-hybridized carbons (Fsp3) is 0.167. The molecule has 0 heterocycles. The minimum absolute atomic E-state index is 0.548. The number of halogens is 1. The Morgan fingerprint density at radius 2 is 2.12 bits per heavy atom. The molecule has 0 aliphatic heterocycles. The molecule has 0 spiro atoms. The van der Waals surface area contributed by atoms with Crippen LogP contribution in [0.5, 0.6) is 0 Å². The summed E-state index contributed by atoms with van der Waals surface area (Å²) in [6.07, 6.45) is 1.03. The third-order valence-corrected chi connectivity index (χ3v) is 0.425. The Morgan fingerprint density at radius 3 is 2.25 bits per heavy atom. The van der Waals surface area contributed by atoms with Crippen molar-refractivity contribution >= 4 is 6.21 Å². The summed E-state index contributed by atoms with van der Waals surface area (Å²) in [6, 6.07) is 0. The van der Waals surface area contributed by atoms with E-state index >= 15 is 0 Å². The van der Waals surface area contributed by atoms with E-state index in [0.29, 0.717) is 5.70 Å². The summed E-state index contributed by atoms with van der Waals surface area (Å²) in [6.45, 7) is 8.07. The van der Waals surface area contributed by atoms with Crippen molar-refractivity contribution in [2.24, 2.45) is 4.99 Å². The third-order valence-electron chi connectivity index (χ3n) is 0.425. The summed E-state index contributed by atoms with van der Waals surface area (Å²) >= 11 is 0. The molecule has 0 fully saturated rings. The molecule has 0 aromatic carbocycles. The number of allylic oxidation sites excluding steroid dienone is 2. The molecule has 0 saturated heterocycles. The van der Waals surface area contributed by atoms with E-state index in [1.165, 1.54) is 0 Å². The smallest absolute Gasteiger partial charge is 0.134 e. The van der Waals surface area contributed by atoms with Crippen molar-refractivity contribution in [1.29, 1.82) is 0 Å². The van der Waals surface area contributed by atoms with Gasteiger partial charge in [0.15, 0.2) is 0 Å². The van der Waals surface area contributed by atoms with Crippen molar-refractivity contribution in [3.63, 3.8) is 0 Å². The van der Waals surface area contributed by atoms with Crippen LogP contribution < -0.4 is 0 Å². The molecule has 44 valence electrons. The Hall–Kier alpha value is -0.920. The number of hydrogen-bond donors (Lipinski definition) is 0. The summed E-state index contributed by atoms with van der Waals surface area (Å²) < 4.78 is 11.7. The number of nitrogens with zero attached hydrogens (tertiary/aromatic N) is 1. The van der Waals surface area contributed by atoms with Crippen LogP contribution in [0.3, 0.4) is 0 Å². The normalized spacial score (nSPS) is 9.75. The van der Waals surface area contributed by atoms with E-state index in [0.717, 1.165) is 6.21 Å². The van der Waals surface area contributed by atoms with Crippen molar-refractivity contribution in [2.45, 2.75) is 6.92 Å². The lowest BCUT2D eigenvalue weighted by molar-refractivity contribution is 0.690. The van der Waals surface area contributed by atoms with Gasteiger partial charge in [-0.25, -0.2) is 4.39 Å². The molecule has 0 N–H and O–H groups in total. The Morgan fingerprint density at radius 1 is 1.62 bits per heavy atom. The van der Waals surface area contributed by atoms with Crippen LogP contribution >= 0.6 is 0 Å². The van der Waals surface area contributed by atoms with E-state index in [9.17, 15) is 4.39 Å². The highest BCUT2D eigenvalue weighted by atomic mass is 19.1. The molecular weight excluding hydrogens is 105 g/mol. The summed E-state index contributed by atoms with van der Waals surface area (Å²) in [5.41, 5.74) is 0.573. The first-order valence-electron chi connectivity index (χ1n) is 2.17. The second kappa shape index (κ2) is 3.13. The highest BCUT2D eigenvalue weighted by molar-refractivity contribution is 5.75. The van der Waals surface area contributed by atoms with Gasteiger partial charge in [0.05, 0.1) is 6.21 Å².